The lowest BCUT2D eigenvalue weighted by molar-refractivity contribution is -0.265. The SMILES string of the molecule is CN(C)c1cccc2c(S(=O)(=O)NCc3cn([C@H]4C(O)O[C@H](CO)[C@@H](O)[C@@H]4O)nn3)cccc12. The third-order valence-corrected chi connectivity index (χ3v) is 7.26. The van der Waals surface area contributed by atoms with Gasteiger partial charge in [-0.3, -0.25) is 0 Å². The van der Waals surface area contributed by atoms with Gasteiger partial charge in [0.1, 0.15) is 24.4 Å². The summed E-state index contributed by atoms with van der Waals surface area (Å²) in [5, 5.41) is 48.9. The first kappa shape index (κ1) is 24.5. The number of hydrogen-bond donors (Lipinski definition) is 5. The molecule has 1 saturated heterocycles. The van der Waals surface area contributed by atoms with Gasteiger partial charge in [-0.25, -0.2) is 17.8 Å². The molecule has 0 saturated carbocycles. The molecule has 4 rings (SSSR count). The van der Waals surface area contributed by atoms with Crippen molar-refractivity contribution in [2.45, 2.75) is 42.1 Å². The third-order valence-electron chi connectivity index (χ3n) is 5.80. The van der Waals surface area contributed by atoms with Crippen molar-refractivity contribution in [3.63, 3.8) is 0 Å². The number of aliphatic hydroxyl groups is 4. The van der Waals surface area contributed by atoms with Crippen molar-refractivity contribution in [1.29, 1.82) is 0 Å². The van der Waals surface area contributed by atoms with Crippen LogP contribution < -0.4 is 9.62 Å². The van der Waals surface area contributed by atoms with E-state index >= 15 is 0 Å². The summed E-state index contributed by atoms with van der Waals surface area (Å²) in [5.41, 5.74) is 1.10. The molecule has 1 aliphatic rings. The van der Waals surface area contributed by atoms with Gasteiger partial charge in [0.25, 0.3) is 0 Å². The van der Waals surface area contributed by atoms with E-state index in [1.165, 1.54) is 12.3 Å². The van der Waals surface area contributed by atoms with Crippen LogP contribution in [0.15, 0.2) is 47.5 Å². The Balaban J connectivity index is 1.54. The summed E-state index contributed by atoms with van der Waals surface area (Å²) in [6.45, 7) is -0.787. The smallest absolute Gasteiger partial charge is 0.241 e. The fourth-order valence-electron chi connectivity index (χ4n) is 4.04. The van der Waals surface area contributed by atoms with E-state index in [1.807, 2.05) is 31.1 Å². The summed E-state index contributed by atoms with van der Waals surface area (Å²) in [5.74, 6) is 0. The maximum Gasteiger partial charge on any atom is 0.241 e. The van der Waals surface area contributed by atoms with Crippen LogP contribution in [-0.4, -0.2) is 89.1 Å². The minimum atomic E-state index is -3.92. The number of aliphatic hydroxyl groups excluding tert-OH is 4. The molecule has 0 spiro atoms. The summed E-state index contributed by atoms with van der Waals surface area (Å²) >= 11 is 0. The van der Waals surface area contributed by atoms with Crippen molar-refractivity contribution < 1.29 is 33.6 Å². The second kappa shape index (κ2) is 9.54. The normalized spacial score (nSPS) is 25.5. The van der Waals surface area contributed by atoms with Crippen LogP contribution in [-0.2, 0) is 21.3 Å². The quantitative estimate of drug-likeness (QED) is 0.274. The zero-order valence-electron chi connectivity index (χ0n) is 18.6. The van der Waals surface area contributed by atoms with Gasteiger partial charge < -0.3 is 30.1 Å². The molecule has 13 heteroatoms. The van der Waals surface area contributed by atoms with E-state index in [0.717, 1.165) is 15.8 Å². The maximum absolute atomic E-state index is 13.1. The lowest BCUT2D eigenvalue weighted by atomic mass is 9.97. The molecule has 12 nitrogen and oxygen atoms in total. The number of benzene rings is 2. The maximum atomic E-state index is 13.1. The average Bonchev–Trinajstić information content (AvgIpc) is 3.27. The predicted molar refractivity (Wildman–Crippen MR) is 121 cm³/mol. The molecule has 1 fully saturated rings. The zero-order chi connectivity index (χ0) is 24.6. The molecule has 184 valence electrons. The molecular weight excluding hydrogens is 466 g/mol. The van der Waals surface area contributed by atoms with E-state index in [2.05, 4.69) is 15.0 Å². The summed E-state index contributed by atoms with van der Waals surface area (Å²) in [4.78, 5) is 2.02. The first-order chi connectivity index (χ1) is 16.1. The molecule has 0 aliphatic carbocycles. The van der Waals surface area contributed by atoms with Crippen LogP contribution in [0, 0.1) is 0 Å². The van der Waals surface area contributed by atoms with Gasteiger partial charge in [0.2, 0.25) is 10.0 Å². The molecule has 3 aromatic rings. The van der Waals surface area contributed by atoms with E-state index in [0.29, 0.717) is 5.39 Å². The van der Waals surface area contributed by atoms with Crippen molar-refractivity contribution >= 4 is 26.5 Å². The highest BCUT2D eigenvalue weighted by Gasteiger charge is 2.45. The molecule has 0 bridgehead atoms. The van der Waals surface area contributed by atoms with Gasteiger partial charge in [-0.1, -0.05) is 29.5 Å². The molecule has 1 aromatic heterocycles. The van der Waals surface area contributed by atoms with E-state index in [-0.39, 0.29) is 17.1 Å². The largest absolute Gasteiger partial charge is 0.394 e. The minimum Gasteiger partial charge on any atom is -0.394 e. The first-order valence-electron chi connectivity index (χ1n) is 10.5. The Morgan fingerprint density at radius 2 is 1.79 bits per heavy atom. The van der Waals surface area contributed by atoms with E-state index in [9.17, 15) is 28.8 Å². The Morgan fingerprint density at radius 3 is 2.50 bits per heavy atom. The lowest BCUT2D eigenvalue weighted by Crippen LogP contribution is -2.56. The van der Waals surface area contributed by atoms with Crippen LogP contribution in [0.2, 0.25) is 0 Å². The molecule has 5 N–H and O–H groups in total. The van der Waals surface area contributed by atoms with Crippen molar-refractivity contribution in [2.24, 2.45) is 0 Å². The summed E-state index contributed by atoms with van der Waals surface area (Å²) < 4.78 is 34.9. The molecule has 0 radical (unpaired) electrons. The zero-order valence-corrected chi connectivity index (χ0v) is 19.4. The molecule has 34 heavy (non-hydrogen) atoms. The van der Waals surface area contributed by atoms with E-state index in [4.69, 9.17) is 4.74 Å². The number of nitrogens with one attached hydrogen (secondary N) is 1. The Bertz CT molecular complexity index is 1270. The minimum absolute atomic E-state index is 0.116. The van der Waals surface area contributed by atoms with Gasteiger partial charge in [-0.05, 0) is 12.1 Å². The van der Waals surface area contributed by atoms with E-state index < -0.39 is 47.3 Å². The highest BCUT2D eigenvalue weighted by Crippen LogP contribution is 2.31. The van der Waals surface area contributed by atoms with E-state index in [1.54, 1.807) is 18.2 Å². The molecule has 2 aromatic carbocycles. The topological polar surface area (TPSA) is 170 Å². The second-order valence-electron chi connectivity index (χ2n) is 8.26. The number of rotatable bonds is 7. The standard InChI is InChI=1S/C21H27N5O7S/c1-25(2)15-7-3-6-14-13(15)5-4-8-17(14)34(31,32)22-9-12-10-26(24-23-12)18-20(29)19(28)16(11-27)33-21(18)30/h3-8,10,16,18-22,27-30H,9,11H2,1-2H3/t16-,18-,19-,20-,21?/m1/s1. The number of aromatic nitrogens is 3. The van der Waals surface area contributed by atoms with Crippen LogP contribution >= 0.6 is 0 Å². The van der Waals surface area contributed by atoms with Crippen LogP contribution in [0.25, 0.3) is 10.8 Å². The van der Waals surface area contributed by atoms with Crippen LogP contribution in [0.4, 0.5) is 5.69 Å². The Labute approximate surface area is 196 Å². The van der Waals surface area contributed by atoms with Crippen molar-refractivity contribution in [1.82, 2.24) is 19.7 Å². The van der Waals surface area contributed by atoms with Gasteiger partial charge in [0, 0.05) is 30.6 Å². The number of ether oxygens (including phenoxy) is 1. The molecule has 1 aliphatic heterocycles. The van der Waals surface area contributed by atoms with Crippen LogP contribution in [0.5, 0.6) is 0 Å². The Hall–Kier alpha value is -2.65. The fourth-order valence-corrected chi connectivity index (χ4v) is 5.26. The number of nitrogens with zero attached hydrogens (tertiary/aromatic N) is 4. The summed E-state index contributed by atoms with van der Waals surface area (Å²) in [7, 11) is -0.160. The lowest BCUT2D eigenvalue weighted by Gasteiger charge is -2.39. The van der Waals surface area contributed by atoms with Gasteiger partial charge in [0.05, 0.1) is 29.9 Å². The number of fused-ring (bicyclic) bond motifs is 1. The molecular formula is C21H27N5O7S. The van der Waals surface area contributed by atoms with Gasteiger partial charge in [-0.15, -0.1) is 5.10 Å². The third kappa shape index (κ3) is 4.51. The predicted octanol–water partition coefficient (Wildman–Crippen LogP) is -1.05. The molecule has 0 amide bonds. The number of sulfonamides is 1. The Kier molecular flexibility index (Phi) is 6.87. The molecule has 2 heterocycles. The van der Waals surface area contributed by atoms with Crippen LogP contribution in [0.1, 0.15) is 11.7 Å². The van der Waals surface area contributed by atoms with Crippen molar-refractivity contribution in [2.75, 3.05) is 25.6 Å². The number of anilines is 1. The average molecular weight is 494 g/mol. The second-order valence-corrected chi connectivity index (χ2v) is 9.99. The van der Waals surface area contributed by atoms with Gasteiger partial charge >= 0.3 is 0 Å². The fraction of sp³-hybridized carbons (Fsp3) is 0.429. The molecule has 1 unspecified atom stereocenters. The summed E-state index contributed by atoms with van der Waals surface area (Å²) in [6.07, 6.45) is -4.33. The first-order valence-corrected chi connectivity index (χ1v) is 12.0. The van der Waals surface area contributed by atoms with Gasteiger partial charge in [0.15, 0.2) is 6.29 Å². The highest BCUT2D eigenvalue weighted by molar-refractivity contribution is 7.89. The molecule has 5 atom stereocenters. The summed E-state index contributed by atoms with van der Waals surface area (Å²) in [6, 6.07) is 9.29. The van der Waals surface area contributed by atoms with Gasteiger partial charge in [-0.2, -0.15) is 0 Å². The highest BCUT2D eigenvalue weighted by atomic mass is 32.2. The van der Waals surface area contributed by atoms with Crippen LogP contribution in [0.3, 0.4) is 0 Å². The van der Waals surface area contributed by atoms with Crippen molar-refractivity contribution in [3.8, 4) is 0 Å². The number of hydrogen-bond acceptors (Lipinski definition) is 10. The monoisotopic (exact) mass is 493 g/mol. The van der Waals surface area contributed by atoms with Crippen molar-refractivity contribution in [3.05, 3.63) is 48.3 Å². The Morgan fingerprint density at radius 1 is 1.09 bits per heavy atom.